The largest absolute Gasteiger partial charge is 0.475 e. The van der Waals surface area contributed by atoms with Crippen molar-refractivity contribution in [1.29, 1.82) is 5.26 Å². The van der Waals surface area contributed by atoms with Crippen molar-refractivity contribution in [2.24, 2.45) is 0 Å². The van der Waals surface area contributed by atoms with Crippen molar-refractivity contribution in [2.45, 2.75) is 45.1 Å². The van der Waals surface area contributed by atoms with E-state index in [0.29, 0.717) is 43.5 Å². The molecule has 0 spiro atoms. The summed E-state index contributed by atoms with van der Waals surface area (Å²) < 4.78 is 61.3. The molecule has 8 nitrogen and oxygen atoms in total. The number of ether oxygens (including phenoxy) is 1. The third-order valence-corrected chi connectivity index (χ3v) is 7.45. The molecular formula is C29H34F4N6O2. The number of hydrogen-bond acceptors (Lipinski definition) is 7. The van der Waals surface area contributed by atoms with E-state index in [4.69, 9.17) is 4.74 Å². The fraction of sp³-hybridized carbons (Fsp3) is 0.483. The first-order chi connectivity index (χ1) is 19.3. The zero-order valence-corrected chi connectivity index (χ0v) is 23.6. The fourth-order valence-corrected chi connectivity index (χ4v) is 5.68. The van der Waals surface area contributed by atoms with Gasteiger partial charge < -0.3 is 24.3 Å². The third-order valence-electron chi connectivity index (χ3n) is 7.45. The van der Waals surface area contributed by atoms with Crippen LogP contribution in [0.1, 0.15) is 36.2 Å². The number of rotatable bonds is 7. The van der Waals surface area contributed by atoms with E-state index in [1.807, 2.05) is 32.8 Å². The van der Waals surface area contributed by atoms with Crippen molar-refractivity contribution in [3.05, 3.63) is 59.1 Å². The summed E-state index contributed by atoms with van der Waals surface area (Å²) in [7, 11) is 3.76. The third kappa shape index (κ3) is 6.25. The minimum absolute atomic E-state index is 0.0207. The van der Waals surface area contributed by atoms with Crippen LogP contribution in [0.5, 0.6) is 5.88 Å². The molecule has 0 unspecified atom stereocenters. The van der Waals surface area contributed by atoms with Gasteiger partial charge in [0.05, 0.1) is 23.5 Å². The van der Waals surface area contributed by atoms with Gasteiger partial charge >= 0.3 is 6.18 Å². The normalized spacial score (nSPS) is 19.2. The Labute approximate surface area is 237 Å². The lowest BCUT2D eigenvalue weighted by molar-refractivity contribution is -0.137. The number of benzene rings is 1. The van der Waals surface area contributed by atoms with Gasteiger partial charge in [-0.05, 0) is 58.6 Å². The van der Waals surface area contributed by atoms with E-state index in [1.165, 1.54) is 11.0 Å². The molecule has 0 saturated carbocycles. The highest BCUT2D eigenvalue weighted by Crippen LogP contribution is 2.42. The Morgan fingerprint density at radius 2 is 1.93 bits per heavy atom. The number of fused-ring (bicyclic) bond motifs is 1. The molecule has 41 heavy (non-hydrogen) atoms. The number of likely N-dealkylation sites (N-methyl/N-ethyl adjacent to an activating group) is 1. The van der Waals surface area contributed by atoms with Crippen LogP contribution >= 0.6 is 0 Å². The number of nitrogens with zero attached hydrogens (tertiary/aromatic N) is 6. The predicted octanol–water partition coefficient (Wildman–Crippen LogP) is 4.23. The Morgan fingerprint density at radius 3 is 2.51 bits per heavy atom. The highest BCUT2D eigenvalue weighted by molar-refractivity contribution is 5.88. The minimum atomic E-state index is -4.74. The van der Waals surface area contributed by atoms with Crippen molar-refractivity contribution >= 4 is 17.3 Å². The molecule has 12 heteroatoms. The van der Waals surface area contributed by atoms with E-state index in [-0.39, 0.29) is 54.8 Å². The van der Waals surface area contributed by atoms with Crippen LogP contribution in [0.4, 0.5) is 28.9 Å². The number of carbonyl (C=O) groups excluding carboxylic acids is 1. The van der Waals surface area contributed by atoms with Gasteiger partial charge in [-0.2, -0.15) is 18.4 Å². The Balaban J connectivity index is 1.79. The number of piperazine rings is 1. The lowest BCUT2D eigenvalue weighted by Crippen LogP contribution is -2.58. The molecule has 2 aromatic rings. The summed E-state index contributed by atoms with van der Waals surface area (Å²) in [6.45, 7) is 9.37. The molecule has 1 aromatic carbocycles. The molecule has 0 bridgehead atoms. The first kappa shape index (κ1) is 30.1. The lowest BCUT2D eigenvalue weighted by atomic mass is 9.96. The number of anilines is 2. The summed E-state index contributed by atoms with van der Waals surface area (Å²) in [5, 5.41) is 10.3. The van der Waals surface area contributed by atoms with Gasteiger partial charge in [0, 0.05) is 49.5 Å². The fourth-order valence-electron chi connectivity index (χ4n) is 5.68. The van der Waals surface area contributed by atoms with Gasteiger partial charge in [-0.15, -0.1) is 0 Å². The molecule has 0 aliphatic carbocycles. The standard InChI is InChI=1S/C29H34F4N6O2/c1-6-26(40)39-18(2)15-38(16-19(39)3)27-21-9-10-37(25-8-7-20(30)13-23(25)29(31,32)33)17-24(21)35-28(22(27)14-34)41-12-11-36(4)5/h6-8,13,18-19H,1,9-12,15-17H2,2-5H3/t18-,19+. The van der Waals surface area contributed by atoms with E-state index < -0.39 is 17.6 Å². The number of aromatic nitrogens is 1. The van der Waals surface area contributed by atoms with Crippen LogP contribution in [0.3, 0.4) is 0 Å². The topological polar surface area (TPSA) is 75.9 Å². The molecule has 3 heterocycles. The average Bonchev–Trinajstić information content (AvgIpc) is 2.90. The summed E-state index contributed by atoms with van der Waals surface area (Å²) >= 11 is 0. The maximum absolute atomic E-state index is 13.8. The quantitative estimate of drug-likeness (QED) is 0.362. The number of halogens is 4. The molecule has 1 aromatic heterocycles. The Morgan fingerprint density at radius 1 is 1.24 bits per heavy atom. The number of hydrogen-bond donors (Lipinski definition) is 0. The average molecular weight is 575 g/mol. The second-order valence-electron chi connectivity index (χ2n) is 10.7. The van der Waals surface area contributed by atoms with E-state index in [9.17, 15) is 27.6 Å². The summed E-state index contributed by atoms with van der Waals surface area (Å²) in [5.41, 5.74) is 0.964. The van der Waals surface area contributed by atoms with Crippen LogP contribution in [0.15, 0.2) is 30.9 Å². The predicted molar refractivity (Wildman–Crippen MR) is 147 cm³/mol. The van der Waals surface area contributed by atoms with Crippen LogP contribution in [0.2, 0.25) is 0 Å². The van der Waals surface area contributed by atoms with E-state index >= 15 is 0 Å². The molecular weight excluding hydrogens is 540 g/mol. The summed E-state index contributed by atoms with van der Waals surface area (Å²) in [4.78, 5) is 24.4. The van der Waals surface area contributed by atoms with Crippen molar-refractivity contribution in [3.63, 3.8) is 0 Å². The molecule has 2 atom stereocenters. The molecule has 1 amide bonds. The van der Waals surface area contributed by atoms with Gasteiger partial charge in [0.2, 0.25) is 11.8 Å². The van der Waals surface area contributed by atoms with Gasteiger partial charge in [0.25, 0.3) is 0 Å². The smallest absolute Gasteiger partial charge is 0.418 e. The molecule has 220 valence electrons. The Kier molecular flexibility index (Phi) is 8.77. The highest BCUT2D eigenvalue weighted by Gasteiger charge is 2.39. The van der Waals surface area contributed by atoms with E-state index in [2.05, 4.69) is 22.5 Å². The Hall–Kier alpha value is -3.85. The van der Waals surface area contributed by atoms with Crippen LogP contribution in [-0.4, -0.2) is 79.7 Å². The number of nitriles is 1. The van der Waals surface area contributed by atoms with Gasteiger partial charge in [0.1, 0.15) is 24.1 Å². The van der Waals surface area contributed by atoms with Crippen LogP contribution in [-0.2, 0) is 23.9 Å². The molecule has 0 radical (unpaired) electrons. The van der Waals surface area contributed by atoms with Crippen LogP contribution in [0, 0.1) is 17.1 Å². The van der Waals surface area contributed by atoms with Crippen molar-refractivity contribution in [1.82, 2.24) is 14.8 Å². The maximum atomic E-state index is 13.8. The van der Waals surface area contributed by atoms with E-state index in [1.54, 1.807) is 4.90 Å². The first-order valence-corrected chi connectivity index (χ1v) is 13.4. The van der Waals surface area contributed by atoms with Gasteiger partial charge in [-0.25, -0.2) is 9.37 Å². The number of pyridine rings is 1. The Bertz CT molecular complexity index is 1340. The maximum Gasteiger partial charge on any atom is 0.418 e. The van der Waals surface area contributed by atoms with Crippen molar-refractivity contribution < 1.29 is 27.1 Å². The summed E-state index contributed by atoms with van der Waals surface area (Å²) in [6.07, 6.45) is -3.14. The molecule has 4 rings (SSSR count). The molecule has 2 aliphatic heterocycles. The van der Waals surface area contributed by atoms with E-state index in [0.717, 1.165) is 17.7 Å². The zero-order valence-electron chi connectivity index (χ0n) is 23.6. The highest BCUT2D eigenvalue weighted by atomic mass is 19.4. The summed E-state index contributed by atoms with van der Waals surface area (Å²) in [5.74, 6) is -1.03. The second-order valence-corrected chi connectivity index (χ2v) is 10.7. The van der Waals surface area contributed by atoms with Gasteiger partial charge in [-0.1, -0.05) is 6.58 Å². The first-order valence-electron chi connectivity index (χ1n) is 13.4. The van der Waals surface area contributed by atoms with Gasteiger partial charge in [0.15, 0.2) is 0 Å². The lowest BCUT2D eigenvalue weighted by Gasteiger charge is -2.46. The van der Waals surface area contributed by atoms with Crippen molar-refractivity contribution in [3.8, 4) is 11.9 Å². The number of alkyl halides is 3. The SMILES string of the molecule is C=CC(=O)N1[C@H](C)CN(c2c(C#N)c(OCCN(C)C)nc3c2CCN(c2ccc(F)cc2C(F)(F)F)C3)C[C@@H]1C. The second kappa shape index (κ2) is 11.9. The molecule has 1 fully saturated rings. The van der Waals surface area contributed by atoms with Crippen LogP contribution < -0.4 is 14.5 Å². The van der Waals surface area contributed by atoms with Crippen molar-refractivity contribution in [2.75, 3.05) is 56.7 Å². The van der Waals surface area contributed by atoms with Gasteiger partial charge in [-0.3, -0.25) is 4.79 Å². The minimum Gasteiger partial charge on any atom is -0.475 e. The monoisotopic (exact) mass is 574 g/mol. The molecule has 1 saturated heterocycles. The van der Waals surface area contributed by atoms with Crippen LogP contribution in [0.25, 0.3) is 0 Å². The zero-order chi connectivity index (χ0) is 30.1. The number of amides is 1. The summed E-state index contributed by atoms with van der Waals surface area (Å²) in [6, 6.07) is 4.54. The molecule has 2 aliphatic rings. The number of carbonyl (C=O) groups is 1. The molecule has 0 N–H and O–H groups in total.